The van der Waals surface area contributed by atoms with E-state index in [9.17, 15) is 19.0 Å². The minimum atomic E-state index is -4.39. The quantitative estimate of drug-likeness (QED) is 0.0264. The monoisotopic (exact) mass is 1120 g/mol. The molecule has 10 heteroatoms. The first-order valence-corrected chi connectivity index (χ1v) is 35.5. The maximum atomic E-state index is 12.7. The molecule has 0 aliphatic carbocycles. The van der Waals surface area contributed by atoms with Crippen LogP contribution < -0.4 is 5.73 Å². The summed E-state index contributed by atoms with van der Waals surface area (Å²) in [6, 6.07) is 0. The lowest BCUT2D eigenvalue weighted by molar-refractivity contribution is -0.161. The predicted molar refractivity (Wildman–Crippen MR) is 335 cm³/mol. The number of nitrogens with two attached hydrogens (primary N) is 1. The highest BCUT2D eigenvalue weighted by Gasteiger charge is 2.26. The van der Waals surface area contributed by atoms with Crippen LogP contribution in [0.5, 0.6) is 0 Å². The fraction of sp³-hybridized carbons (Fsp3) is 0.882. The van der Waals surface area contributed by atoms with Crippen LogP contribution in [0.3, 0.4) is 0 Å². The topological polar surface area (TPSA) is 134 Å². The Morgan fingerprint density at radius 2 is 0.667 bits per heavy atom. The maximum Gasteiger partial charge on any atom is 0.472 e. The molecule has 0 aromatic heterocycles. The van der Waals surface area contributed by atoms with Gasteiger partial charge < -0.3 is 20.1 Å². The van der Waals surface area contributed by atoms with Gasteiger partial charge in [0, 0.05) is 19.4 Å². The predicted octanol–water partition coefficient (Wildman–Crippen LogP) is 21.9. The number of rotatable bonds is 65. The first kappa shape index (κ1) is 76.2. The van der Waals surface area contributed by atoms with Gasteiger partial charge in [0.1, 0.15) is 6.61 Å². The fourth-order valence-electron chi connectivity index (χ4n) is 10.2. The molecule has 0 spiro atoms. The standard InChI is InChI=1S/C68H130NO8P/c1-3-5-7-9-11-13-15-17-19-21-23-24-25-26-27-28-29-30-31-32-33-34-35-36-37-38-39-40-41-43-44-46-48-50-52-54-56-58-60-67(70)74-64-66(65-76-78(72,73)75-63-62-69)77-68(71)61-59-57-55-53-51-49-47-45-42-22-20-18-16-14-12-10-8-6-4-2/h12,14,18,20,42,45,66H,3-11,13,15-17,19,21-41,43-44,46-65,69H2,1-2H3,(H,72,73)/b14-12-,20-18-,45-42-. The van der Waals surface area contributed by atoms with Crippen molar-refractivity contribution in [1.29, 1.82) is 0 Å². The third-order valence-electron chi connectivity index (χ3n) is 15.3. The molecule has 0 fully saturated rings. The van der Waals surface area contributed by atoms with Crippen LogP contribution in [-0.4, -0.2) is 49.3 Å². The molecule has 0 aromatic carbocycles. The van der Waals surface area contributed by atoms with E-state index in [0.717, 1.165) is 70.6 Å². The summed E-state index contributed by atoms with van der Waals surface area (Å²) in [6.07, 6.45) is 79.7. The average molecular weight is 1120 g/mol. The van der Waals surface area contributed by atoms with E-state index >= 15 is 0 Å². The van der Waals surface area contributed by atoms with E-state index in [1.54, 1.807) is 0 Å². The first-order chi connectivity index (χ1) is 38.3. The van der Waals surface area contributed by atoms with Crippen molar-refractivity contribution in [2.45, 2.75) is 360 Å². The van der Waals surface area contributed by atoms with Crippen LogP contribution in [0.1, 0.15) is 354 Å². The number of esters is 2. The van der Waals surface area contributed by atoms with Gasteiger partial charge in [-0.25, -0.2) is 4.57 Å². The van der Waals surface area contributed by atoms with Crippen LogP contribution in [-0.2, 0) is 32.7 Å². The van der Waals surface area contributed by atoms with Gasteiger partial charge in [-0.3, -0.25) is 18.6 Å². The Labute approximate surface area is 484 Å². The van der Waals surface area contributed by atoms with E-state index in [1.165, 1.54) is 250 Å². The lowest BCUT2D eigenvalue weighted by Crippen LogP contribution is -2.29. The van der Waals surface area contributed by atoms with Crippen LogP contribution in [0.4, 0.5) is 0 Å². The van der Waals surface area contributed by atoms with Crippen molar-refractivity contribution < 1.29 is 37.6 Å². The zero-order chi connectivity index (χ0) is 56.6. The molecule has 0 radical (unpaired) electrons. The molecule has 0 aliphatic heterocycles. The fourth-order valence-corrected chi connectivity index (χ4v) is 11.0. The zero-order valence-corrected chi connectivity index (χ0v) is 52.6. The second kappa shape index (κ2) is 64.4. The maximum absolute atomic E-state index is 12.7. The minimum Gasteiger partial charge on any atom is -0.462 e. The second-order valence-electron chi connectivity index (χ2n) is 23.1. The van der Waals surface area contributed by atoms with Crippen LogP contribution in [0.25, 0.3) is 0 Å². The third kappa shape index (κ3) is 63.4. The summed E-state index contributed by atoms with van der Waals surface area (Å²) in [6.45, 7) is 3.76. The summed E-state index contributed by atoms with van der Waals surface area (Å²) in [5.74, 6) is -0.827. The number of carbonyl (C=O) groups excluding carboxylic acids is 2. The van der Waals surface area contributed by atoms with Gasteiger partial charge in [-0.2, -0.15) is 0 Å². The van der Waals surface area contributed by atoms with Crippen molar-refractivity contribution in [1.82, 2.24) is 0 Å². The highest BCUT2D eigenvalue weighted by molar-refractivity contribution is 7.47. The van der Waals surface area contributed by atoms with E-state index < -0.39 is 26.5 Å². The molecule has 3 N–H and O–H groups in total. The lowest BCUT2D eigenvalue weighted by atomic mass is 10.0. The van der Waals surface area contributed by atoms with Gasteiger partial charge in [-0.15, -0.1) is 0 Å². The molecule has 2 unspecified atom stereocenters. The normalized spacial score (nSPS) is 13.1. The molecule has 0 bridgehead atoms. The van der Waals surface area contributed by atoms with E-state index in [0.29, 0.717) is 6.42 Å². The van der Waals surface area contributed by atoms with Crippen molar-refractivity contribution >= 4 is 19.8 Å². The van der Waals surface area contributed by atoms with Crippen molar-refractivity contribution in [2.75, 3.05) is 26.4 Å². The zero-order valence-electron chi connectivity index (χ0n) is 51.7. The van der Waals surface area contributed by atoms with E-state index in [-0.39, 0.29) is 38.6 Å². The molecule has 460 valence electrons. The number of carbonyl (C=O) groups is 2. The van der Waals surface area contributed by atoms with E-state index in [4.69, 9.17) is 24.3 Å². The van der Waals surface area contributed by atoms with Crippen molar-refractivity contribution in [3.63, 3.8) is 0 Å². The molecule has 0 aromatic rings. The Morgan fingerprint density at radius 1 is 0.385 bits per heavy atom. The van der Waals surface area contributed by atoms with Crippen molar-refractivity contribution in [2.24, 2.45) is 5.73 Å². The van der Waals surface area contributed by atoms with Crippen LogP contribution in [0, 0.1) is 0 Å². The van der Waals surface area contributed by atoms with Gasteiger partial charge in [-0.1, -0.05) is 326 Å². The Bertz CT molecular complexity index is 1370. The minimum absolute atomic E-state index is 0.0519. The smallest absolute Gasteiger partial charge is 0.462 e. The van der Waals surface area contributed by atoms with Crippen molar-refractivity contribution in [3.8, 4) is 0 Å². The average Bonchev–Trinajstić information content (AvgIpc) is 3.43. The third-order valence-corrected chi connectivity index (χ3v) is 16.3. The number of ether oxygens (including phenoxy) is 2. The van der Waals surface area contributed by atoms with E-state index in [1.807, 2.05) is 0 Å². The number of unbranched alkanes of at least 4 members (excludes halogenated alkanes) is 46. The highest BCUT2D eigenvalue weighted by Crippen LogP contribution is 2.43. The van der Waals surface area contributed by atoms with Gasteiger partial charge in [0.2, 0.25) is 0 Å². The number of hydrogen-bond acceptors (Lipinski definition) is 8. The Kier molecular flexibility index (Phi) is 62.9. The van der Waals surface area contributed by atoms with E-state index in [2.05, 4.69) is 50.3 Å². The molecule has 2 atom stereocenters. The molecule has 0 heterocycles. The molecule has 78 heavy (non-hydrogen) atoms. The molecule has 0 amide bonds. The number of phosphoric ester groups is 1. The molecular formula is C68H130NO8P. The summed E-state index contributed by atoms with van der Waals surface area (Å²) >= 11 is 0. The summed E-state index contributed by atoms with van der Waals surface area (Å²) in [7, 11) is -4.39. The Hall–Kier alpha value is -1.77. The summed E-state index contributed by atoms with van der Waals surface area (Å²) in [5, 5.41) is 0. The highest BCUT2D eigenvalue weighted by atomic mass is 31.2. The SMILES string of the molecule is CCCCC/C=C\C/C=C\C/C=C\CCCCCCCCC(=O)OC(COC(=O)CCCCCCCCCCCCCCCCCCCCCCCCCCCCCCCCCCCCCCCC)COP(=O)(O)OCCN. The van der Waals surface area contributed by atoms with Gasteiger partial charge in [0.05, 0.1) is 13.2 Å². The van der Waals surface area contributed by atoms with Crippen LogP contribution in [0.2, 0.25) is 0 Å². The molecule has 0 rings (SSSR count). The second-order valence-corrected chi connectivity index (χ2v) is 24.5. The lowest BCUT2D eigenvalue weighted by Gasteiger charge is -2.19. The summed E-state index contributed by atoms with van der Waals surface area (Å²) in [4.78, 5) is 35.2. The van der Waals surface area contributed by atoms with Crippen LogP contribution in [0.15, 0.2) is 36.5 Å². The molecule has 0 aliphatic rings. The van der Waals surface area contributed by atoms with Crippen LogP contribution >= 0.6 is 7.82 Å². The molecule has 0 saturated heterocycles. The number of allylic oxidation sites excluding steroid dienone is 6. The van der Waals surface area contributed by atoms with Crippen molar-refractivity contribution in [3.05, 3.63) is 36.5 Å². The molecule has 9 nitrogen and oxygen atoms in total. The number of hydrogen-bond donors (Lipinski definition) is 2. The Balaban J connectivity index is 3.76. The molecular weight excluding hydrogens is 990 g/mol. The van der Waals surface area contributed by atoms with Gasteiger partial charge in [0.15, 0.2) is 6.10 Å². The Morgan fingerprint density at radius 3 is 1.01 bits per heavy atom. The first-order valence-electron chi connectivity index (χ1n) is 34.0. The van der Waals surface area contributed by atoms with Gasteiger partial charge >= 0.3 is 19.8 Å². The number of phosphoric acid groups is 1. The summed E-state index contributed by atoms with van der Waals surface area (Å²) in [5.41, 5.74) is 5.39. The van der Waals surface area contributed by atoms with Gasteiger partial charge in [0.25, 0.3) is 0 Å². The summed E-state index contributed by atoms with van der Waals surface area (Å²) < 4.78 is 33.1. The van der Waals surface area contributed by atoms with Gasteiger partial charge in [-0.05, 0) is 51.4 Å². The molecule has 0 saturated carbocycles. The largest absolute Gasteiger partial charge is 0.472 e.